The van der Waals surface area contributed by atoms with E-state index in [9.17, 15) is 14.6 Å². The van der Waals surface area contributed by atoms with Gasteiger partial charge in [-0.25, -0.2) is 9.07 Å². The number of hydrogen-bond acceptors (Lipinski definition) is 8. The molecule has 1 aliphatic rings. The van der Waals surface area contributed by atoms with Crippen molar-refractivity contribution in [3.8, 4) is 11.3 Å². The molecule has 1 fully saturated rings. The van der Waals surface area contributed by atoms with E-state index in [1.165, 1.54) is 35.7 Å². The lowest BCUT2D eigenvalue weighted by Gasteiger charge is -2.43. The second-order valence-corrected chi connectivity index (χ2v) is 9.57. The third-order valence-electron chi connectivity index (χ3n) is 5.06. The fourth-order valence-electron chi connectivity index (χ4n) is 3.51. The standard InChI is InChI=1S/C20H19BrClFN4O4S/c1-30-19-17(27-8-15(25-26-27)10-2-3-13(22)14(23)4-10)18(29)16(9-28)31-20(19)32-12-5-11(21)6-24-7-12/h2-8,16-20,28-29H,9H2,1H3. The molecule has 32 heavy (non-hydrogen) atoms. The molecule has 5 atom stereocenters. The minimum atomic E-state index is -1.13. The summed E-state index contributed by atoms with van der Waals surface area (Å²) in [6.07, 6.45) is 2.29. The number of benzene rings is 1. The summed E-state index contributed by atoms with van der Waals surface area (Å²) in [7, 11) is 1.51. The molecule has 1 aliphatic heterocycles. The Bertz CT molecular complexity index is 1090. The first kappa shape index (κ1) is 23.6. The Morgan fingerprint density at radius 2 is 2.16 bits per heavy atom. The van der Waals surface area contributed by atoms with E-state index in [0.29, 0.717) is 11.3 Å². The van der Waals surface area contributed by atoms with Gasteiger partial charge in [0.05, 0.1) is 17.8 Å². The van der Waals surface area contributed by atoms with Crippen LogP contribution in [0.1, 0.15) is 6.04 Å². The number of hydrogen-bond donors (Lipinski definition) is 2. The maximum Gasteiger partial charge on any atom is 0.142 e. The predicted molar refractivity (Wildman–Crippen MR) is 120 cm³/mol. The highest BCUT2D eigenvalue weighted by Gasteiger charge is 2.47. The first-order valence-electron chi connectivity index (χ1n) is 9.53. The molecule has 0 amide bonds. The Morgan fingerprint density at radius 3 is 2.84 bits per heavy atom. The van der Waals surface area contributed by atoms with Gasteiger partial charge in [0, 0.05) is 34.4 Å². The molecule has 0 radical (unpaired) electrons. The van der Waals surface area contributed by atoms with Gasteiger partial charge >= 0.3 is 0 Å². The Balaban J connectivity index is 1.66. The van der Waals surface area contributed by atoms with Crippen LogP contribution in [0.25, 0.3) is 11.3 Å². The summed E-state index contributed by atoms with van der Waals surface area (Å²) < 4.78 is 27.8. The predicted octanol–water partition coefficient (Wildman–Crippen LogP) is 3.32. The average Bonchev–Trinajstić information content (AvgIpc) is 3.26. The lowest BCUT2D eigenvalue weighted by Crippen LogP contribution is -2.55. The fraction of sp³-hybridized carbons (Fsp3) is 0.350. The quantitative estimate of drug-likeness (QED) is 0.486. The molecule has 0 aliphatic carbocycles. The Morgan fingerprint density at radius 1 is 1.34 bits per heavy atom. The zero-order valence-corrected chi connectivity index (χ0v) is 19.8. The summed E-state index contributed by atoms with van der Waals surface area (Å²) in [5, 5.41) is 29.0. The zero-order chi connectivity index (χ0) is 22.8. The maximum atomic E-state index is 13.9. The number of ether oxygens (including phenoxy) is 2. The molecular weight excluding hydrogens is 527 g/mol. The number of methoxy groups -OCH3 is 1. The second kappa shape index (κ2) is 10.1. The largest absolute Gasteiger partial charge is 0.394 e. The first-order valence-corrected chi connectivity index (χ1v) is 11.6. The van der Waals surface area contributed by atoms with E-state index in [4.69, 9.17) is 21.1 Å². The number of nitrogens with zero attached hydrogens (tertiary/aromatic N) is 4. The third kappa shape index (κ3) is 4.84. The monoisotopic (exact) mass is 544 g/mol. The summed E-state index contributed by atoms with van der Waals surface area (Å²) >= 11 is 10.5. The molecule has 3 heterocycles. The van der Waals surface area contributed by atoms with Crippen LogP contribution in [0.15, 0.2) is 52.2 Å². The number of thioether (sulfide) groups is 1. The lowest BCUT2D eigenvalue weighted by atomic mass is 9.97. The number of halogens is 3. The number of pyridine rings is 1. The smallest absolute Gasteiger partial charge is 0.142 e. The van der Waals surface area contributed by atoms with Crippen molar-refractivity contribution in [1.29, 1.82) is 0 Å². The van der Waals surface area contributed by atoms with Crippen molar-refractivity contribution < 1.29 is 24.1 Å². The van der Waals surface area contributed by atoms with Crippen LogP contribution >= 0.6 is 39.3 Å². The molecule has 5 unspecified atom stereocenters. The summed E-state index contributed by atoms with van der Waals surface area (Å²) in [6, 6.07) is 5.49. The molecular formula is C20H19BrClFN4O4S. The van der Waals surface area contributed by atoms with E-state index >= 15 is 0 Å². The summed E-state index contributed by atoms with van der Waals surface area (Å²) in [6.45, 7) is -0.397. The Kier molecular flexibility index (Phi) is 7.45. The Labute approximate surface area is 200 Å². The highest BCUT2D eigenvalue weighted by atomic mass is 79.9. The van der Waals surface area contributed by atoms with Crippen molar-refractivity contribution in [3.63, 3.8) is 0 Å². The van der Waals surface area contributed by atoms with Gasteiger partial charge in [-0.15, -0.1) is 5.10 Å². The third-order valence-corrected chi connectivity index (χ3v) is 6.91. The summed E-state index contributed by atoms with van der Waals surface area (Å²) in [4.78, 5) is 4.97. The molecule has 0 bridgehead atoms. The van der Waals surface area contributed by atoms with Crippen LogP contribution in [-0.2, 0) is 9.47 Å². The van der Waals surface area contributed by atoms with Crippen molar-refractivity contribution in [2.45, 2.75) is 34.7 Å². The topological polar surface area (TPSA) is 103 Å². The minimum Gasteiger partial charge on any atom is -0.394 e. The van der Waals surface area contributed by atoms with Crippen LogP contribution < -0.4 is 0 Å². The minimum absolute atomic E-state index is 0.00753. The van der Waals surface area contributed by atoms with Crippen LogP contribution in [0.5, 0.6) is 0 Å². The van der Waals surface area contributed by atoms with Gasteiger partial charge in [0.2, 0.25) is 0 Å². The average molecular weight is 546 g/mol. The van der Waals surface area contributed by atoms with Gasteiger partial charge in [0.1, 0.15) is 41.3 Å². The van der Waals surface area contributed by atoms with Crippen molar-refractivity contribution >= 4 is 39.3 Å². The summed E-state index contributed by atoms with van der Waals surface area (Å²) in [5.41, 5.74) is 0.302. The SMILES string of the molecule is COC1C(Sc2cncc(Br)c2)OC(CO)C(O)C1n1cc(-c2ccc(Cl)c(F)c2)nn1. The van der Waals surface area contributed by atoms with Crippen molar-refractivity contribution in [3.05, 3.63) is 58.2 Å². The number of aliphatic hydroxyl groups excluding tert-OH is 2. The highest BCUT2D eigenvalue weighted by molar-refractivity contribution is 9.10. The fourth-order valence-corrected chi connectivity index (χ4v) is 5.33. The molecule has 4 rings (SSSR count). The van der Waals surface area contributed by atoms with Crippen molar-refractivity contribution in [1.82, 2.24) is 20.0 Å². The van der Waals surface area contributed by atoms with Gasteiger partial charge < -0.3 is 19.7 Å². The number of aliphatic hydroxyl groups is 2. The first-order chi connectivity index (χ1) is 15.4. The highest BCUT2D eigenvalue weighted by Crippen LogP contribution is 2.40. The second-order valence-electron chi connectivity index (χ2n) is 7.08. The van der Waals surface area contributed by atoms with Crippen LogP contribution in [0.2, 0.25) is 5.02 Å². The van der Waals surface area contributed by atoms with Crippen LogP contribution in [0, 0.1) is 5.82 Å². The van der Waals surface area contributed by atoms with Crippen LogP contribution in [-0.4, -0.2) is 67.7 Å². The molecule has 8 nitrogen and oxygen atoms in total. The lowest BCUT2D eigenvalue weighted by molar-refractivity contribution is -0.186. The van der Waals surface area contributed by atoms with Crippen molar-refractivity contribution in [2.75, 3.05) is 13.7 Å². The van der Waals surface area contributed by atoms with Gasteiger partial charge in [0.15, 0.2) is 0 Å². The van der Waals surface area contributed by atoms with Gasteiger partial charge in [0.25, 0.3) is 0 Å². The number of aromatic nitrogens is 4. The van der Waals surface area contributed by atoms with E-state index in [2.05, 4.69) is 31.2 Å². The molecule has 0 saturated carbocycles. The van der Waals surface area contributed by atoms with E-state index < -0.39 is 42.2 Å². The normalized spacial score (nSPS) is 25.8. The molecule has 2 aromatic heterocycles. The van der Waals surface area contributed by atoms with Gasteiger partial charge in [-0.05, 0) is 34.1 Å². The molecule has 0 spiro atoms. The Hall–Kier alpha value is -1.60. The van der Waals surface area contributed by atoms with Crippen molar-refractivity contribution in [2.24, 2.45) is 0 Å². The van der Waals surface area contributed by atoms with Gasteiger partial charge in [-0.1, -0.05) is 34.6 Å². The molecule has 170 valence electrons. The molecule has 1 aromatic carbocycles. The van der Waals surface area contributed by atoms with E-state index in [1.54, 1.807) is 24.7 Å². The van der Waals surface area contributed by atoms with E-state index in [1.807, 2.05) is 6.07 Å². The molecule has 12 heteroatoms. The molecule has 2 N–H and O–H groups in total. The van der Waals surface area contributed by atoms with Crippen LogP contribution in [0.4, 0.5) is 4.39 Å². The van der Waals surface area contributed by atoms with Gasteiger partial charge in [-0.2, -0.15) is 0 Å². The molecule has 3 aromatic rings. The maximum absolute atomic E-state index is 13.9. The van der Waals surface area contributed by atoms with Crippen LogP contribution in [0.3, 0.4) is 0 Å². The van der Waals surface area contributed by atoms with E-state index in [0.717, 1.165) is 9.37 Å². The number of rotatable bonds is 6. The van der Waals surface area contributed by atoms with E-state index in [-0.39, 0.29) is 5.02 Å². The zero-order valence-electron chi connectivity index (χ0n) is 16.7. The summed E-state index contributed by atoms with van der Waals surface area (Å²) in [5.74, 6) is -0.570. The van der Waals surface area contributed by atoms with Gasteiger partial charge in [-0.3, -0.25) is 4.98 Å². The molecule has 1 saturated heterocycles.